The predicted octanol–water partition coefficient (Wildman–Crippen LogP) is 2.41. The van der Waals surface area contributed by atoms with Crippen LogP contribution in [0.25, 0.3) is 0 Å². The molecule has 102 valence electrons. The summed E-state index contributed by atoms with van der Waals surface area (Å²) in [5.41, 5.74) is 0.645. The first kappa shape index (κ1) is 14.0. The first-order chi connectivity index (χ1) is 8.95. The Morgan fingerprint density at radius 3 is 2.84 bits per heavy atom. The molecule has 1 fully saturated rings. The number of hydrogen-bond donors (Lipinski definition) is 1. The number of benzene rings is 1. The lowest BCUT2D eigenvalue weighted by Crippen LogP contribution is -2.42. The highest BCUT2D eigenvalue weighted by atomic mass is 79.9. The molecule has 1 atom stereocenters. The van der Waals surface area contributed by atoms with Gasteiger partial charge in [-0.05, 0) is 30.2 Å². The van der Waals surface area contributed by atoms with E-state index in [0.29, 0.717) is 16.5 Å². The minimum Gasteiger partial charge on any atom is -0.481 e. The highest BCUT2D eigenvalue weighted by molar-refractivity contribution is 9.10. The molecule has 0 radical (unpaired) electrons. The van der Waals surface area contributed by atoms with Gasteiger partial charge in [-0.15, -0.1) is 0 Å². The number of piperidine rings is 1. The number of carboxylic acid groups (broad SMARTS) is 1. The Balaban J connectivity index is 2.11. The first-order valence-corrected chi connectivity index (χ1v) is 6.70. The lowest BCUT2D eigenvalue weighted by Gasteiger charge is -2.30. The summed E-state index contributed by atoms with van der Waals surface area (Å²) < 4.78 is 13.9. The fourth-order valence-corrected chi connectivity index (χ4v) is 2.70. The van der Waals surface area contributed by atoms with Crippen LogP contribution >= 0.6 is 15.9 Å². The second kappa shape index (κ2) is 5.69. The van der Waals surface area contributed by atoms with Crippen LogP contribution in [-0.2, 0) is 16.1 Å². The number of halogens is 2. The van der Waals surface area contributed by atoms with Gasteiger partial charge in [-0.25, -0.2) is 4.39 Å². The van der Waals surface area contributed by atoms with E-state index in [4.69, 9.17) is 5.11 Å². The molecule has 6 heteroatoms. The third-order valence-electron chi connectivity index (χ3n) is 3.15. The number of nitrogens with zero attached hydrogens (tertiary/aromatic N) is 1. The number of carbonyl (C=O) groups is 2. The van der Waals surface area contributed by atoms with Gasteiger partial charge in [0.1, 0.15) is 5.82 Å². The molecule has 1 aliphatic rings. The minimum absolute atomic E-state index is 0.0853. The van der Waals surface area contributed by atoms with Gasteiger partial charge in [0, 0.05) is 24.0 Å². The van der Waals surface area contributed by atoms with Crippen molar-refractivity contribution in [2.24, 2.45) is 5.92 Å². The van der Waals surface area contributed by atoms with E-state index >= 15 is 0 Å². The molecule has 1 N–H and O–H groups in total. The molecule has 19 heavy (non-hydrogen) atoms. The zero-order chi connectivity index (χ0) is 14.0. The van der Waals surface area contributed by atoms with Gasteiger partial charge < -0.3 is 10.0 Å². The Labute approximate surface area is 118 Å². The van der Waals surface area contributed by atoms with E-state index in [1.807, 2.05) is 0 Å². The predicted molar refractivity (Wildman–Crippen MR) is 69.9 cm³/mol. The summed E-state index contributed by atoms with van der Waals surface area (Å²) in [6.45, 7) is 0.418. The number of rotatable bonds is 3. The fourth-order valence-electron chi connectivity index (χ4n) is 2.19. The standard InChI is InChI=1S/C13H13BrFNO3/c14-10-3-8(4-11(15)5-10)6-16-7-9(13(18)19)1-2-12(16)17/h3-5,9H,1-2,6-7H2,(H,18,19). The fraction of sp³-hybridized carbons (Fsp3) is 0.385. The number of aliphatic carboxylic acids is 1. The maximum Gasteiger partial charge on any atom is 0.308 e. The molecule has 0 aromatic heterocycles. The zero-order valence-electron chi connectivity index (χ0n) is 10.1. The average molecular weight is 330 g/mol. The van der Waals surface area contributed by atoms with Crippen LogP contribution in [0.2, 0.25) is 0 Å². The van der Waals surface area contributed by atoms with Crippen molar-refractivity contribution >= 4 is 27.8 Å². The topological polar surface area (TPSA) is 57.6 Å². The van der Waals surface area contributed by atoms with E-state index in [2.05, 4.69) is 15.9 Å². The van der Waals surface area contributed by atoms with Gasteiger partial charge in [-0.2, -0.15) is 0 Å². The van der Waals surface area contributed by atoms with Gasteiger partial charge in [-0.1, -0.05) is 15.9 Å². The van der Waals surface area contributed by atoms with Crippen LogP contribution in [0.4, 0.5) is 4.39 Å². The summed E-state index contributed by atoms with van der Waals surface area (Å²) in [4.78, 5) is 24.2. The van der Waals surface area contributed by atoms with Gasteiger partial charge >= 0.3 is 5.97 Å². The van der Waals surface area contributed by atoms with Gasteiger partial charge in [-0.3, -0.25) is 9.59 Å². The second-order valence-corrected chi connectivity index (χ2v) is 5.54. The summed E-state index contributed by atoms with van der Waals surface area (Å²) >= 11 is 3.19. The second-order valence-electron chi connectivity index (χ2n) is 4.63. The Morgan fingerprint density at radius 2 is 2.21 bits per heavy atom. The molecular weight excluding hydrogens is 317 g/mol. The Kier molecular flexibility index (Phi) is 4.19. The summed E-state index contributed by atoms with van der Waals surface area (Å²) in [5.74, 6) is -1.89. The van der Waals surface area contributed by atoms with Crippen LogP contribution in [0.1, 0.15) is 18.4 Å². The van der Waals surface area contributed by atoms with Gasteiger partial charge in [0.2, 0.25) is 5.91 Å². The normalized spacial score (nSPS) is 19.6. The monoisotopic (exact) mass is 329 g/mol. The van der Waals surface area contributed by atoms with Gasteiger partial charge in [0.25, 0.3) is 0 Å². The number of carboxylic acids is 1. The number of amides is 1. The van der Waals surface area contributed by atoms with Crippen molar-refractivity contribution in [2.75, 3.05) is 6.54 Å². The van der Waals surface area contributed by atoms with Crippen LogP contribution in [0.15, 0.2) is 22.7 Å². The molecule has 0 aliphatic carbocycles. The van der Waals surface area contributed by atoms with E-state index in [9.17, 15) is 14.0 Å². The molecular formula is C13H13BrFNO3. The zero-order valence-corrected chi connectivity index (χ0v) is 11.7. The average Bonchev–Trinajstić information content (AvgIpc) is 2.30. The van der Waals surface area contributed by atoms with Gasteiger partial charge in [0.05, 0.1) is 5.92 Å². The Morgan fingerprint density at radius 1 is 1.47 bits per heavy atom. The molecule has 1 aliphatic heterocycles. The highest BCUT2D eigenvalue weighted by Gasteiger charge is 2.29. The molecule has 1 heterocycles. The van der Waals surface area contributed by atoms with E-state index in [1.165, 1.54) is 17.0 Å². The molecule has 1 saturated heterocycles. The van der Waals surface area contributed by atoms with Crippen molar-refractivity contribution in [1.29, 1.82) is 0 Å². The number of likely N-dealkylation sites (tertiary alicyclic amines) is 1. The first-order valence-electron chi connectivity index (χ1n) is 5.91. The van der Waals surface area contributed by atoms with Crippen molar-refractivity contribution in [1.82, 2.24) is 4.90 Å². The summed E-state index contributed by atoms with van der Waals surface area (Å²) in [5, 5.41) is 8.99. The molecule has 1 aromatic rings. The maximum absolute atomic E-state index is 13.3. The van der Waals surface area contributed by atoms with Crippen molar-refractivity contribution in [3.05, 3.63) is 34.1 Å². The number of carbonyl (C=O) groups excluding carboxylic acids is 1. The van der Waals surface area contributed by atoms with E-state index in [1.54, 1.807) is 6.07 Å². The Hall–Kier alpha value is -1.43. The van der Waals surface area contributed by atoms with Gasteiger partial charge in [0.15, 0.2) is 0 Å². The smallest absolute Gasteiger partial charge is 0.308 e. The molecule has 4 nitrogen and oxygen atoms in total. The van der Waals surface area contributed by atoms with E-state index in [-0.39, 0.29) is 31.2 Å². The van der Waals surface area contributed by atoms with Crippen molar-refractivity contribution < 1.29 is 19.1 Å². The molecule has 0 spiro atoms. The lowest BCUT2D eigenvalue weighted by atomic mass is 9.97. The van der Waals surface area contributed by atoms with E-state index in [0.717, 1.165) is 0 Å². The third kappa shape index (κ3) is 3.53. The largest absolute Gasteiger partial charge is 0.481 e. The molecule has 2 rings (SSSR count). The van der Waals surface area contributed by atoms with Crippen molar-refractivity contribution in [2.45, 2.75) is 19.4 Å². The van der Waals surface area contributed by atoms with Crippen molar-refractivity contribution in [3.8, 4) is 0 Å². The Bertz CT molecular complexity index is 500. The maximum atomic E-state index is 13.3. The summed E-state index contributed by atoms with van der Waals surface area (Å²) in [6.07, 6.45) is 0.602. The quantitative estimate of drug-likeness (QED) is 0.926. The van der Waals surface area contributed by atoms with Crippen LogP contribution in [0.5, 0.6) is 0 Å². The van der Waals surface area contributed by atoms with Crippen molar-refractivity contribution in [3.63, 3.8) is 0 Å². The molecule has 1 unspecified atom stereocenters. The number of hydrogen-bond acceptors (Lipinski definition) is 2. The molecule has 1 amide bonds. The van der Waals surface area contributed by atoms with Crippen LogP contribution in [0, 0.1) is 11.7 Å². The molecule has 0 bridgehead atoms. The van der Waals surface area contributed by atoms with E-state index < -0.39 is 11.9 Å². The van der Waals surface area contributed by atoms with Crippen LogP contribution < -0.4 is 0 Å². The minimum atomic E-state index is -0.891. The summed E-state index contributed by atoms with van der Waals surface area (Å²) in [7, 11) is 0. The highest BCUT2D eigenvalue weighted by Crippen LogP contribution is 2.22. The molecule has 1 aromatic carbocycles. The third-order valence-corrected chi connectivity index (χ3v) is 3.60. The summed E-state index contributed by atoms with van der Waals surface area (Å²) in [6, 6.07) is 4.41. The SMILES string of the molecule is O=C(O)C1CCC(=O)N(Cc2cc(F)cc(Br)c2)C1. The van der Waals surface area contributed by atoms with Crippen LogP contribution in [0.3, 0.4) is 0 Å². The lowest BCUT2D eigenvalue weighted by molar-refractivity contribution is -0.147. The molecule has 0 saturated carbocycles. The van der Waals surface area contributed by atoms with Crippen LogP contribution in [-0.4, -0.2) is 28.4 Å².